The summed E-state index contributed by atoms with van der Waals surface area (Å²) in [7, 11) is 0. The molecule has 0 bridgehead atoms. The smallest absolute Gasteiger partial charge is 0.272 e. The van der Waals surface area contributed by atoms with Crippen LogP contribution < -0.4 is 5.73 Å². The summed E-state index contributed by atoms with van der Waals surface area (Å²) in [4.78, 5) is 10.0. The lowest BCUT2D eigenvalue weighted by molar-refractivity contribution is -0.385. The van der Waals surface area contributed by atoms with Crippen molar-refractivity contribution in [1.82, 2.24) is 0 Å². The van der Waals surface area contributed by atoms with E-state index in [0.29, 0.717) is 12.1 Å². The highest BCUT2D eigenvalue weighted by atomic mass is 16.6. The van der Waals surface area contributed by atoms with Gasteiger partial charge in [-0.15, -0.1) is 0 Å². The van der Waals surface area contributed by atoms with Gasteiger partial charge in [-0.3, -0.25) is 10.1 Å². The van der Waals surface area contributed by atoms with Gasteiger partial charge in [-0.05, 0) is 0 Å². The number of nitrogens with zero attached hydrogens (tertiary/aromatic N) is 1. The molecule has 1 aromatic rings. The lowest BCUT2D eigenvalue weighted by atomic mass is 10.1. The van der Waals surface area contributed by atoms with Crippen molar-refractivity contribution in [3.05, 3.63) is 46.4 Å². The normalized spacial score (nSPS) is 9.75. The number of benzene rings is 1. The summed E-state index contributed by atoms with van der Waals surface area (Å²) in [6.45, 7) is 0.310. The Kier molecular flexibility index (Phi) is 2.76. The molecule has 1 radical (unpaired) electrons. The summed E-state index contributed by atoms with van der Waals surface area (Å²) in [5.74, 6) is 0. The molecule has 1 aromatic carbocycles. The first-order valence-electron chi connectivity index (χ1n) is 3.52. The topological polar surface area (TPSA) is 69.2 Å². The minimum atomic E-state index is -0.415. The third-order valence-corrected chi connectivity index (χ3v) is 1.47. The van der Waals surface area contributed by atoms with Crippen LogP contribution in [0.1, 0.15) is 5.56 Å². The first-order chi connectivity index (χ1) is 5.75. The van der Waals surface area contributed by atoms with Gasteiger partial charge >= 0.3 is 0 Å². The van der Waals surface area contributed by atoms with Gasteiger partial charge in [0.05, 0.1) is 4.92 Å². The Bertz CT molecular complexity index is 286. The maximum Gasteiger partial charge on any atom is 0.272 e. The van der Waals surface area contributed by atoms with Crippen LogP contribution in [0.2, 0.25) is 0 Å². The predicted octanol–water partition coefficient (Wildman–Crippen LogP) is 1.11. The van der Waals surface area contributed by atoms with Crippen molar-refractivity contribution >= 4 is 5.69 Å². The largest absolute Gasteiger partial charge is 0.330 e. The Morgan fingerprint density at radius 2 is 2.17 bits per heavy atom. The van der Waals surface area contributed by atoms with Crippen molar-refractivity contribution < 1.29 is 4.92 Å². The zero-order valence-electron chi connectivity index (χ0n) is 6.43. The quantitative estimate of drug-likeness (QED) is 0.538. The number of nitro groups is 1. The molecule has 4 nitrogen and oxygen atoms in total. The average molecular weight is 165 g/mol. The molecule has 0 unspecified atom stereocenters. The molecule has 0 saturated heterocycles. The van der Waals surface area contributed by atoms with Crippen LogP contribution in [-0.4, -0.2) is 11.5 Å². The minimum Gasteiger partial charge on any atom is -0.330 e. The van der Waals surface area contributed by atoms with Crippen LogP contribution in [0.25, 0.3) is 0 Å². The molecule has 0 aliphatic heterocycles. The predicted molar refractivity (Wildman–Crippen MR) is 45.6 cm³/mol. The summed E-state index contributed by atoms with van der Waals surface area (Å²) < 4.78 is 0. The van der Waals surface area contributed by atoms with Crippen LogP contribution in [0.3, 0.4) is 0 Å². The zero-order chi connectivity index (χ0) is 8.97. The molecule has 4 heteroatoms. The zero-order valence-corrected chi connectivity index (χ0v) is 6.43. The second-order valence-electron chi connectivity index (χ2n) is 2.26. The maximum absolute atomic E-state index is 10.4. The summed E-state index contributed by atoms with van der Waals surface area (Å²) >= 11 is 0. The Hall–Kier alpha value is -1.42. The second-order valence-corrected chi connectivity index (χ2v) is 2.26. The standard InChI is InChI=1S/C8H9N2O2/c9-6-5-7-3-1-2-4-8(7)10(11)12/h1-5H,6,9H2. The second kappa shape index (κ2) is 3.82. The molecule has 0 aliphatic carbocycles. The molecule has 2 N–H and O–H groups in total. The summed E-state index contributed by atoms with van der Waals surface area (Å²) in [6, 6.07) is 6.51. The van der Waals surface area contributed by atoms with Gasteiger partial charge in [0, 0.05) is 24.6 Å². The molecule has 0 atom stereocenters. The number of hydrogen-bond donors (Lipinski definition) is 1. The first kappa shape index (κ1) is 8.67. The Balaban J connectivity index is 3.00. The van der Waals surface area contributed by atoms with E-state index in [-0.39, 0.29) is 5.69 Å². The average Bonchev–Trinajstić information content (AvgIpc) is 2.05. The molecule has 12 heavy (non-hydrogen) atoms. The van der Waals surface area contributed by atoms with Crippen LogP contribution in [0, 0.1) is 16.5 Å². The van der Waals surface area contributed by atoms with Crippen LogP contribution >= 0.6 is 0 Å². The van der Waals surface area contributed by atoms with Gasteiger partial charge in [0.2, 0.25) is 0 Å². The molecular formula is C8H9N2O2. The number of hydrogen-bond acceptors (Lipinski definition) is 3. The molecule has 0 heterocycles. The fraction of sp³-hybridized carbons (Fsp3) is 0.125. The third-order valence-electron chi connectivity index (χ3n) is 1.47. The van der Waals surface area contributed by atoms with Crippen molar-refractivity contribution in [3.63, 3.8) is 0 Å². The van der Waals surface area contributed by atoms with E-state index in [4.69, 9.17) is 5.73 Å². The molecule has 0 spiro atoms. The first-order valence-corrected chi connectivity index (χ1v) is 3.52. The number of para-hydroxylation sites is 1. The fourth-order valence-corrected chi connectivity index (χ4v) is 0.953. The van der Waals surface area contributed by atoms with Crippen molar-refractivity contribution in [2.24, 2.45) is 5.73 Å². The highest BCUT2D eigenvalue weighted by Crippen LogP contribution is 2.18. The molecular weight excluding hydrogens is 156 g/mol. The molecule has 1 rings (SSSR count). The van der Waals surface area contributed by atoms with Crippen molar-refractivity contribution in [2.45, 2.75) is 0 Å². The maximum atomic E-state index is 10.4. The number of nitrogens with two attached hydrogens (primary N) is 1. The monoisotopic (exact) mass is 165 g/mol. The van der Waals surface area contributed by atoms with Crippen LogP contribution in [0.5, 0.6) is 0 Å². The highest BCUT2D eigenvalue weighted by Gasteiger charge is 2.10. The van der Waals surface area contributed by atoms with Gasteiger partial charge in [0.1, 0.15) is 0 Å². The van der Waals surface area contributed by atoms with Crippen molar-refractivity contribution in [1.29, 1.82) is 0 Å². The van der Waals surface area contributed by atoms with Gasteiger partial charge in [0.25, 0.3) is 5.69 Å². The summed E-state index contributed by atoms with van der Waals surface area (Å²) in [5.41, 5.74) is 5.93. The van der Waals surface area contributed by atoms with E-state index >= 15 is 0 Å². The van der Waals surface area contributed by atoms with Crippen LogP contribution in [-0.2, 0) is 0 Å². The van der Waals surface area contributed by atoms with E-state index in [1.807, 2.05) is 0 Å². The van der Waals surface area contributed by atoms with Gasteiger partial charge < -0.3 is 5.73 Å². The van der Waals surface area contributed by atoms with Crippen LogP contribution in [0.15, 0.2) is 24.3 Å². The fourth-order valence-electron chi connectivity index (χ4n) is 0.953. The van der Waals surface area contributed by atoms with E-state index in [1.54, 1.807) is 24.6 Å². The van der Waals surface area contributed by atoms with Crippen LogP contribution in [0.4, 0.5) is 5.69 Å². The highest BCUT2D eigenvalue weighted by molar-refractivity contribution is 5.44. The van der Waals surface area contributed by atoms with E-state index in [2.05, 4.69) is 0 Å². The van der Waals surface area contributed by atoms with Crippen molar-refractivity contribution in [2.75, 3.05) is 6.54 Å². The molecule has 0 aliphatic rings. The van der Waals surface area contributed by atoms with E-state index in [1.165, 1.54) is 6.07 Å². The lowest BCUT2D eigenvalue weighted by Crippen LogP contribution is -2.02. The molecule has 0 fully saturated rings. The summed E-state index contributed by atoms with van der Waals surface area (Å²) in [6.07, 6.45) is 1.62. The Labute approximate surface area is 70.2 Å². The SMILES string of the molecule is NC[CH]c1ccccc1[N+](=O)[O-]. The number of nitro benzene ring substituents is 1. The molecule has 0 aromatic heterocycles. The van der Waals surface area contributed by atoms with E-state index in [9.17, 15) is 10.1 Å². The van der Waals surface area contributed by atoms with E-state index < -0.39 is 4.92 Å². The molecule has 0 amide bonds. The number of rotatable bonds is 3. The molecule has 63 valence electrons. The Morgan fingerprint density at radius 1 is 1.50 bits per heavy atom. The molecule has 0 saturated carbocycles. The van der Waals surface area contributed by atoms with E-state index in [0.717, 1.165) is 0 Å². The van der Waals surface area contributed by atoms with Crippen molar-refractivity contribution in [3.8, 4) is 0 Å². The third kappa shape index (κ3) is 1.79. The van der Waals surface area contributed by atoms with Gasteiger partial charge in [-0.2, -0.15) is 0 Å². The van der Waals surface area contributed by atoms with Gasteiger partial charge in [0.15, 0.2) is 0 Å². The van der Waals surface area contributed by atoms with Gasteiger partial charge in [-0.25, -0.2) is 0 Å². The lowest BCUT2D eigenvalue weighted by Gasteiger charge is -1.98. The van der Waals surface area contributed by atoms with Gasteiger partial charge in [-0.1, -0.05) is 18.2 Å². The Morgan fingerprint density at radius 3 is 2.75 bits per heavy atom. The minimum absolute atomic E-state index is 0.1000. The summed E-state index contributed by atoms with van der Waals surface area (Å²) in [5, 5.41) is 10.4.